The number of rotatable bonds is 0. The quantitative estimate of drug-likeness (QED) is 0.632. The first-order valence-electron chi connectivity index (χ1n) is 10.1. The Bertz CT molecular complexity index is 488. The summed E-state index contributed by atoms with van der Waals surface area (Å²) >= 11 is 0. The van der Waals surface area contributed by atoms with E-state index < -0.39 is 0 Å². The van der Waals surface area contributed by atoms with Gasteiger partial charge in [-0.15, -0.1) is 0 Å². The molecule has 3 aliphatic rings. The third-order valence-electron chi connectivity index (χ3n) is 10.4. The maximum Gasteiger partial charge on any atom is 0.0188 e. The summed E-state index contributed by atoms with van der Waals surface area (Å²) in [6, 6.07) is 0. The molecule has 0 aromatic heterocycles. The molecule has 23 heavy (non-hydrogen) atoms. The Balaban J connectivity index is 2.04. The second-order valence-electron chi connectivity index (χ2n) is 11.2. The van der Waals surface area contributed by atoms with Crippen LogP contribution in [0.2, 0.25) is 0 Å². The van der Waals surface area contributed by atoms with E-state index in [1.54, 1.807) is 0 Å². The van der Waals surface area contributed by atoms with Gasteiger partial charge in [-0.25, -0.2) is 0 Å². The van der Waals surface area contributed by atoms with Gasteiger partial charge in [-0.3, -0.25) is 0 Å². The SMILES string of the molecule is C[C@@H]1[C@H](C)[C@H]2C([C@H](C)[C@H](C)C3[C@H]1[C@](C)(N)[C@H]3C)C(C)(C)C2(C)C. The van der Waals surface area contributed by atoms with E-state index >= 15 is 0 Å². The highest BCUT2D eigenvalue weighted by molar-refractivity contribution is 5.19. The summed E-state index contributed by atoms with van der Waals surface area (Å²) in [6.07, 6.45) is 0. The summed E-state index contributed by atoms with van der Waals surface area (Å²) in [4.78, 5) is 0. The lowest BCUT2D eigenvalue weighted by Gasteiger charge is -2.74. The molecule has 0 bridgehead atoms. The molecule has 0 aliphatic heterocycles. The van der Waals surface area contributed by atoms with Crippen molar-refractivity contribution in [2.75, 3.05) is 0 Å². The van der Waals surface area contributed by atoms with Gasteiger partial charge in [0.2, 0.25) is 0 Å². The van der Waals surface area contributed by atoms with E-state index in [1.807, 2.05) is 0 Å². The topological polar surface area (TPSA) is 26.0 Å². The molecular formula is C22H41N. The summed E-state index contributed by atoms with van der Waals surface area (Å²) in [5.74, 6) is 7.01. The number of hydrogen-bond acceptors (Lipinski definition) is 1. The van der Waals surface area contributed by atoms with Crippen molar-refractivity contribution in [2.24, 2.45) is 69.8 Å². The van der Waals surface area contributed by atoms with Crippen LogP contribution in [0.25, 0.3) is 0 Å². The summed E-state index contributed by atoms with van der Waals surface area (Å²) in [7, 11) is 0. The van der Waals surface area contributed by atoms with E-state index in [0.717, 1.165) is 41.4 Å². The summed E-state index contributed by atoms with van der Waals surface area (Å²) < 4.78 is 0. The van der Waals surface area contributed by atoms with Gasteiger partial charge in [0.1, 0.15) is 0 Å². The fourth-order valence-corrected chi connectivity index (χ4v) is 7.99. The van der Waals surface area contributed by atoms with Crippen LogP contribution in [-0.2, 0) is 0 Å². The molecule has 0 heterocycles. The average molecular weight is 320 g/mol. The van der Waals surface area contributed by atoms with Gasteiger partial charge in [0, 0.05) is 5.54 Å². The van der Waals surface area contributed by atoms with E-state index in [4.69, 9.17) is 5.73 Å². The molecule has 3 saturated carbocycles. The Kier molecular flexibility index (Phi) is 3.69. The van der Waals surface area contributed by atoms with Crippen molar-refractivity contribution >= 4 is 0 Å². The lowest BCUT2D eigenvalue weighted by Crippen LogP contribution is -2.74. The molecular weight excluding hydrogens is 278 g/mol. The van der Waals surface area contributed by atoms with Crippen molar-refractivity contribution < 1.29 is 0 Å². The van der Waals surface area contributed by atoms with Crippen LogP contribution < -0.4 is 5.73 Å². The third kappa shape index (κ3) is 1.84. The van der Waals surface area contributed by atoms with Crippen molar-refractivity contribution in [1.29, 1.82) is 0 Å². The van der Waals surface area contributed by atoms with Gasteiger partial charge in [-0.05, 0) is 71.0 Å². The van der Waals surface area contributed by atoms with Gasteiger partial charge >= 0.3 is 0 Å². The monoisotopic (exact) mass is 319 g/mol. The predicted octanol–water partition coefficient (Wildman–Crippen LogP) is 5.44. The van der Waals surface area contributed by atoms with Gasteiger partial charge in [0.05, 0.1) is 0 Å². The molecule has 3 aliphatic carbocycles. The molecule has 0 aromatic carbocycles. The minimum atomic E-state index is 0.0303. The molecule has 0 aromatic rings. The molecule has 3 fully saturated rings. The van der Waals surface area contributed by atoms with Gasteiger partial charge in [-0.1, -0.05) is 62.3 Å². The molecule has 1 nitrogen and oxygen atoms in total. The van der Waals surface area contributed by atoms with E-state index in [1.165, 1.54) is 0 Å². The standard InChI is InChI=1S/C22H41N/c1-11-12(2)18-19(21(8,9)20(18,6)7)14(4)13(3)17-16(11)15(5)22(17,10)23/h11-19H,23H2,1-10H3/t11-,12+,13+,14-,15-,16?,17-,18?,19-,22+/m0/s1. The average Bonchev–Trinajstić information content (AvgIpc) is 2.45. The fraction of sp³-hybridized carbons (Fsp3) is 1.00. The van der Waals surface area contributed by atoms with Gasteiger partial charge in [0.25, 0.3) is 0 Å². The molecule has 0 spiro atoms. The Morgan fingerprint density at radius 2 is 0.913 bits per heavy atom. The Morgan fingerprint density at radius 1 is 0.565 bits per heavy atom. The lowest BCUT2D eigenvalue weighted by atomic mass is 9.31. The first-order valence-corrected chi connectivity index (χ1v) is 10.1. The molecule has 2 N–H and O–H groups in total. The minimum Gasteiger partial charge on any atom is -0.325 e. The molecule has 3 rings (SSSR count). The predicted molar refractivity (Wildman–Crippen MR) is 99.9 cm³/mol. The first-order chi connectivity index (χ1) is 10.3. The summed E-state index contributed by atoms with van der Waals surface area (Å²) in [5.41, 5.74) is 7.74. The van der Waals surface area contributed by atoms with Crippen LogP contribution in [0.15, 0.2) is 0 Å². The van der Waals surface area contributed by atoms with Crippen molar-refractivity contribution in [2.45, 2.75) is 74.8 Å². The van der Waals surface area contributed by atoms with Crippen molar-refractivity contribution in [3.05, 3.63) is 0 Å². The molecule has 0 radical (unpaired) electrons. The van der Waals surface area contributed by atoms with Crippen LogP contribution >= 0.6 is 0 Å². The van der Waals surface area contributed by atoms with Crippen LogP contribution in [0.4, 0.5) is 0 Å². The third-order valence-corrected chi connectivity index (χ3v) is 10.4. The van der Waals surface area contributed by atoms with E-state index in [0.29, 0.717) is 22.7 Å². The Labute approximate surface area is 145 Å². The van der Waals surface area contributed by atoms with Gasteiger partial charge < -0.3 is 5.73 Å². The van der Waals surface area contributed by atoms with Crippen molar-refractivity contribution in [3.63, 3.8) is 0 Å². The van der Waals surface area contributed by atoms with Crippen LogP contribution in [-0.4, -0.2) is 5.54 Å². The minimum absolute atomic E-state index is 0.0303. The van der Waals surface area contributed by atoms with Crippen LogP contribution in [0.5, 0.6) is 0 Å². The molecule has 0 amide bonds. The van der Waals surface area contributed by atoms with Gasteiger partial charge in [0.15, 0.2) is 0 Å². The van der Waals surface area contributed by atoms with E-state index in [2.05, 4.69) is 69.2 Å². The molecule has 134 valence electrons. The van der Waals surface area contributed by atoms with Gasteiger partial charge in [-0.2, -0.15) is 0 Å². The zero-order valence-electron chi connectivity index (χ0n) is 17.3. The molecule has 0 saturated heterocycles. The highest BCUT2D eigenvalue weighted by Crippen LogP contribution is 2.73. The lowest BCUT2D eigenvalue weighted by molar-refractivity contribution is -0.257. The van der Waals surface area contributed by atoms with E-state index in [9.17, 15) is 0 Å². The second kappa shape index (κ2) is 4.77. The van der Waals surface area contributed by atoms with Crippen molar-refractivity contribution in [3.8, 4) is 0 Å². The second-order valence-corrected chi connectivity index (χ2v) is 11.2. The fourth-order valence-electron chi connectivity index (χ4n) is 7.99. The smallest absolute Gasteiger partial charge is 0.0188 e. The zero-order valence-corrected chi connectivity index (χ0v) is 17.3. The number of nitrogens with two attached hydrogens (primary N) is 1. The van der Waals surface area contributed by atoms with Crippen molar-refractivity contribution in [1.82, 2.24) is 0 Å². The highest BCUT2D eigenvalue weighted by Gasteiger charge is 2.69. The summed E-state index contributed by atoms with van der Waals surface area (Å²) in [6.45, 7) is 25.0. The molecule has 10 atom stereocenters. The van der Waals surface area contributed by atoms with Crippen LogP contribution in [0, 0.1) is 64.1 Å². The molecule has 1 heteroatoms. The number of hydrogen-bond donors (Lipinski definition) is 1. The summed E-state index contributed by atoms with van der Waals surface area (Å²) in [5, 5.41) is 0. The first kappa shape index (κ1) is 17.8. The Hall–Kier alpha value is -0.0400. The van der Waals surface area contributed by atoms with Crippen LogP contribution in [0.3, 0.4) is 0 Å². The number of fused-ring (bicyclic) bond motifs is 2. The largest absolute Gasteiger partial charge is 0.325 e. The molecule has 2 unspecified atom stereocenters. The zero-order chi connectivity index (χ0) is 17.7. The van der Waals surface area contributed by atoms with E-state index in [-0.39, 0.29) is 5.54 Å². The maximum atomic E-state index is 6.82. The Morgan fingerprint density at radius 3 is 1.35 bits per heavy atom. The normalized spacial score (nSPS) is 60.4. The highest BCUT2D eigenvalue weighted by atomic mass is 14.9. The van der Waals surface area contributed by atoms with Crippen LogP contribution in [0.1, 0.15) is 69.2 Å². The maximum absolute atomic E-state index is 6.82.